The summed E-state index contributed by atoms with van der Waals surface area (Å²) >= 11 is 0. The van der Waals surface area contributed by atoms with E-state index in [1.807, 2.05) is 0 Å². The number of furan rings is 1. The molecule has 7 heteroatoms. The van der Waals surface area contributed by atoms with Crippen molar-refractivity contribution in [2.75, 3.05) is 13.7 Å². The van der Waals surface area contributed by atoms with Crippen LogP contribution in [-0.4, -0.2) is 28.0 Å². The van der Waals surface area contributed by atoms with E-state index in [4.69, 9.17) is 4.42 Å². The molecule has 1 N–H and O–H groups in total. The molecule has 1 aromatic heterocycles. The lowest BCUT2D eigenvalue weighted by atomic mass is 10.2. The van der Waals surface area contributed by atoms with Gasteiger partial charge in [-0.25, -0.2) is 17.9 Å². The minimum absolute atomic E-state index is 0.0638. The van der Waals surface area contributed by atoms with Crippen LogP contribution in [0.1, 0.15) is 28.3 Å². The zero-order chi connectivity index (χ0) is 14.6. The maximum absolute atomic E-state index is 12.2. The molecule has 1 rings (SSSR count). The van der Waals surface area contributed by atoms with Gasteiger partial charge in [0.15, 0.2) is 0 Å². The topological polar surface area (TPSA) is 85.6 Å². The molecule has 1 heterocycles. The summed E-state index contributed by atoms with van der Waals surface area (Å²) in [6, 6.07) is 0. The summed E-state index contributed by atoms with van der Waals surface area (Å²) in [5.41, 5.74) is -0.0638. The van der Waals surface area contributed by atoms with E-state index in [-0.39, 0.29) is 28.5 Å². The Bertz CT molecular complexity index is 586. The second-order valence-corrected chi connectivity index (χ2v) is 5.59. The van der Waals surface area contributed by atoms with Gasteiger partial charge in [-0.15, -0.1) is 6.58 Å². The Kier molecular flexibility index (Phi) is 4.90. The predicted molar refractivity (Wildman–Crippen MR) is 69.5 cm³/mol. The number of carbonyl (C=O) groups is 1. The zero-order valence-electron chi connectivity index (χ0n) is 11.1. The van der Waals surface area contributed by atoms with E-state index in [1.165, 1.54) is 21.0 Å². The first kappa shape index (κ1) is 15.5. The number of nitrogens with one attached hydrogen (secondary N) is 1. The first-order chi connectivity index (χ1) is 8.85. The Labute approximate surface area is 112 Å². The summed E-state index contributed by atoms with van der Waals surface area (Å²) in [7, 11) is -2.63. The highest BCUT2D eigenvalue weighted by Crippen LogP contribution is 2.27. The number of methoxy groups -OCH3 is 1. The van der Waals surface area contributed by atoms with Crippen LogP contribution in [0.2, 0.25) is 0 Å². The van der Waals surface area contributed by atoms with Crippen LogP contribution in [0.3, 0.4) is 0 Å². The lowest BCUT2D eigenvalue weighted by molar-refractivity contribution is 0.0595. The van der Waals surface area contributed by atoms with Gasteiger partial charge in [-0.2, -0.15) is 0 Å². The second-order valence-electron chi connectivity index (χ2n) is 3.89. The molecule has 0 spiro atoms. The molecule has 0 amide bonds. The standard InChI is InChI=1S/C12H17NO5S/c1-5-6-7-13-19(15,16)11-9(3)18-8(2)10(11)12(14)17-4/h5,13H,1,6-7H2,2-4H3. The number of carbonyl (C=O) groups excluding carboxylic acids is 1. The number of sulfonamides is 1. The number of esters is 1. The minimum atomic E-state index is -3.82. The third-order valence-electron chi connectivity index (χ3n) is 2.50. The van der Waals surface area contributed by atoms with Gasteiger partial charge in [-0.1, -0.05) is 6.08 Å². The first-order valence-corrected chi connectivity index (χ1v) is 7.12. The summed E-state index contributed by atoms with van der Waals surface area (Å²) in [5.74, 6) is -0.365. The molecule has 0 radical (unpaired) electrons. The third-order valence-corrected chi connectivity index (χ3v) is 4.12. The lowest BCUT2D eigenvalue weighted by Crippen LogP contribution is -2.26. The fourth-order valence-corrected chi connectivity index (χ4v) is 3.14. The molecule has 0 unspecified atom stereocenters. The van der Waals surface area contributed by atoms with Crippen molar-refractivity contribution < 1.29 is 22.4 Å². The van der Waals surface area contributed by atoms with Crippen molar-refractivity contribution in [3.8, 4) is 0 Å². The number of ether oxygens (including phenoxy) is 1. The average Bonchev–Trinajstić information content (AvgIpc) is 2.64. The smallest absolute Gasteiger partial charge is 0.342 e. The van der Waals surface area contributed by atoms with Crippen molar-refractivity contribution in [2.45, 2.75) is 25.2 Å². The highest BCUT2D eigenvalue weighted by atomic mass is 32.2. The maximum atomic E-state index is 12.2. The van der Waals surface area contributed by atoms with Crippen LogP contribution < -0.4 is 4.72 Å². The second kappa shape index (κ2) is 6.03. The third kappa shape index (κ3) is 3.24. The number of hydrogen-bond acceptors (Lipinski definition) is 5. The summed E-state index contributed by atoms with van der Waals surface area (Å²) in [6.45, 7) is 6.71. The van der Waals surface area contributed by atoms with E-state index < -0.39 is 16.0 Å². The summed E-state index contributed by atoms with van der Waals surface area (Å²) < 4.78 is 36.5. The molecule has 0 atom stereocenters. The molecule has 0 bridgehead atoms. The Morgan fingerprint density at radius 1 is 1.42 bits per heavy atom. The monoisotopic (exact) mass is 287 g/mol. The molecule has 106 valence electrons. The molecule has 0 saturated carbocycles. The molecular weight excluding hydrogens is 270 g/mol. The van der Waals surface area contributed by atoms with Crippen molar-refractivity contribution in [3.05, 3.63) is 29.7 Å². The summed E-state index contributed by atoms with van der Waals surface area (Å²) in [6.07, 6.45) is 2.08. The quantitative estimate of drug-likeness (QED) is 0.487. The molecule has 0 aliphatic carbocycles. The predicted octanol–water partition coefficient (Wildman–Crippen LogP) is 1.54. The molecular formula is C12H17NO5S. The molecule has 19 heavy (non-hydrogen) atoms. The highest BCUT2D eigenvalue weighted by molar-refractivity contribution is 7.89. The van der Waals surface area contributed by atoms with E-state index in [0.29, 0.717) is 6.42 Å². The maximum Gasteiger partial charge on any atom is 0.342 e. The van der Waals surface area contributed by atoms with Gasteiger partial charge in [-0.05, 0) is 20.3 Å². The Morgan fingerprint density at radius 3 is 2.58 bits per heavy atom. The molecule has 0 fully saturated rings. The molecule has 6 nitrogen and oxygen atoms in total. The van der Waals surface area contributed by atoms with Crippen molar-refractivity contribution in [2.24, 2.45) is 0 Å². The van der Waals surface area contributed by atoms with Gasteiger partial charge in [0.2, 0.25) is 10.0 Å². The lowest BCUT2D eigenvalue weighted by Gasteiger charge is -2.06. The summed E-state index contributed by atoms with van der Waals surface area (Å²) in [4.78, 5) is 11.5. The van der Waals surface area contributed by atoms with Crippen LogP contribution in [0.15, 0.2) is 22.0 Å². The molecule has 0 saturated heterocycles. The zero-order valence-corrected chi connectivity index (χ0v) is 12.0. The van der Waals surface area contributed by atoms with Crippen molar-refractivity contribution in [3.63, 3.8) is 0 Å². The van der Waals surface area contributed by atoms with Gasteiger partial charge >= 0.3 is 5.97 Å². The van der Waals surface area contributed by atoms with Gasteiger partial charge in [-0.3, -0.25) is 0 Å². The Hall–Kier alpha value is -1.60. The van der Waals surface area contributed by atoms with E-state index in [9.17, 15) is 13.2 Å². The number of hydrogen-bond donors (Lipinski definition) is 1. The first-order valence-electron chi connectivity index (χ1n) is 5.64. The van der Waals surface area contributed by atoms with E-state index in [0.717, 1.165) is 0 Å². The van der Waals surface area contributed by atoms with Gasteiger partial charge in [0.25, 0.3) is 0 Å². The normalized spacial score (nSPS) is 11.3. The van der Waals surface area contributed by atoms with Crippen molar-refractivity contribution >= 4 is 16.0 Å². The van der Waals surface area contributed by atoms with Crippen LogP contribution in [-0.2, 0) is 14.8 Å². The number of aryl methyl sites for hydroxylation is 2. The van der Waals surface area contributed by atoms with Gasteiger partial charge in [0.1, 0.15) is 22.0 Å². The summed E-state index contributed by atoms with van der Waals surface area (Å²) in [5, 5.41) is 0. The van der Waals surface area contributed by atoms with Gasteiger partial charge < -0.3 is 9.15 Å². The van der Waals surface area contributed by atoms with Crippen LogP contribution in [0, 0.1) is 13.8 Å². The highest BCUT2D eigenvalue weighted by Gasteiger charge is 2.31. The van der Waals surface area contributed by atoms with Crippen molar-refractivity contribution in [1.29, 1.82) is 0 Å². The largest absolute Gasteiger partial charge is 0.465 e. The van der Waals surface area contributed by atoms with Crippen LogP contribution in [0.25, 0.3) is 0 Å². The minimum Gasteiger partial charge on any atom is -0.465 e. The van der Waals surface area contributed by atoms with Gasteiger partial charge in [0.05, 0.1) is 7.11 Å². The Balaban J connectivity index is 3.25. The van der Waals surface area contributed by atoms with E-state index >= 15 is 0 Å². The van der Waals surface area contributed by atoms with Gasteiger partial charge in [0, 0.05) is 6.54 Å². The SMILES string of the molecule is C=CCCNS(=O)(=O)c1c(C)oc(C)c1C(=O)OC. The van der Waals surface area contributed by atoms with E-state index in [1.54, 1.807) is 6.08 Å². The fraction of sp³-hybridized carbons (Fsp3) is 0.417. The van der Waals surface area contributed by atoms with Crippen LogP contribution in [0.5, 0.6) is 0 Å². The Morgan fingerprint density at radius 2 is 2.05 bits per heavy atom. The molecule has 0 aliphatic heterocycles. The van der Waals surface area contributed by atoms with E-state index in [2.05, 4.69) is 16.0 Å². The average molecular weight is 287 g/mol. The van der Waals surface area contributed by atoms with Crippen LogP contribution in [0.4, 0.5) is 0 Å². The number of rotatable bonds is 6. The molecule has 0 aliphatic rings. The van der Waals surface area contributed by atoms with Crippen LogP contribution >= 0.6 is 0 Å². The molecule has 0 aromatic carbocycles. The van der Waals surface area contributed by atoms with Crippen molar-refractivity contribution in [1.82, 2.24) is 4.72 Å². The molecule has 1 aromatic rings. The fourth-order valence-electron chi connectivity index (χ4n) is 1.69.